The van der Waals surface area contributed by atoms with Crippen LogP contribution in [-0.2, 0) is 18.3 Å². The standard InChI is InChI=1S/C13H22N5O7P/c1-4-18(10-7(15-2)11(21)17-13(14)16-10)12-9(20)8(19)6(25-12)5-24-26(22)23-3/h4,6,8-9,12,15,19-20,26H,1,5H2,2-3H3,(H3,14,16,17,21)/t6-,8?,9?,12-/m1/s1. The average Bonchev–Trinajstić information content (AvgIpc) is 2.88. The van der Waals surface area contributed by atoms with E-state index >= 15 is 0 Å². The molecular formula is C13H22N5O7P. The number of hydrogen-bond acceptors (Lipinski definition) is 11. The molecule has 0 aliphatic carbocycles. The quantitative estimate of drug-likeness (QED) is 0.338. The Morgan fingerprint density at radius 1 is 1.54 bits per heavy atom. The Balaban J connectivity index is 2.29. The maximum absolute atomic E-state index is 12.0. The van der Waals surface area contributed by atoms with Gasteiger partial charge in [0, 0.05) is 20.4 Å². The van der Waals surface area contributed by atoms with E-state index in [2.05, 4.69) is 26.4 Å². The van der Waals surface area contributed by atoms with Crippen molar-refractivity contribution >= 4 is 25.7 Å². The molecule has 1 aromatic rings. The van der Waals surface area contributed by atoms with Gasteiger partial charge < -0.3 is 39.9 Å². The zero-order valence-electron chi connectivity index (χ0n) is 14.2. The van der Waals surface area contributed by atoms with E-state index in [0.717, 1.165) is 0 Å². The molecule has 0 amide bonds. The van der Waals surface area contributed by atoms with E-state index in [1.807, 2.05) is 0 Å². The number of H-pyrrole nitrogens is 1. The summed E-state index contributed by atoms with van der Waals surface area (Å²) < 4.78 is 26.3. The van der Waals surface area contributed by atoms with Gasteiger partial charge in [0.15, 0.2) is 12.0 Å². The number of nitrogens with two attached hydrogens (primary N) is 1. The number of hydrogen-bond donors (Lipinski definition) is 5. The molecule has 6 N–H and O–H groups in total. The lowest BCUT2D eigenvalue weighted by Crippen LogP contribution is -2.42. The zero-order chi connectivity index (χ0) is 19.4. The molecule has 1 saturated heterocycles. The first kappa shape index (κ1) is 20.4. The fourth-order valence-corrected chi connectivity index (χ4v) is 2.93. The Bertz CT molecular complexity index is 729. The molecule has 0 bridgehead atoms. The second-order valence-electron chi connectivity index (χ2n) is 5.30. The lowest BCUT2D eigenvalue weighted by Gasteiger charge is -2.29. The predicted molar refractivity (Wildman–Crippen MR) is 94.1 cm³/mol. The van der Waals surface area contributed by atoms with Crippen molar-refractivity contribution in [1.29, 1.82) is 0 Å². The maximum atomic E-state index is 12.0. The summed E-state index contributed by atoms with van der Waals surface area (Å²) in [5.41, 5.74) is 5.12. The molecule has 0 spiro atoms. The van der Waals surface area contributed by atoms with Gasteiger partial charge in [0.1, 0.15) is 24.0 Å². The molecule has 2 rings (SSSR count). The highest BCUT2D eigenvalue weighted by atomic mass is 31.1. The molecule has 0 radical (unpaired) electrons. The van der Waals surface area contributed by atoms with Gasteiger partial charge >= 0.3 is 8.25 Å². The summed E-state index contributed by atoms with van der Waals surface area (Å²) >= 11 is 0. The van der Waals surface area contributed by atoms with Crippen molar-refractivity contribution in [2.24, 2.45) is 0 Å². The van der Waals surface area contributed by atoms with Gasteiger partial charge in [0.2, 0.25) is 5.95 Å². The minimum atomic E-state index is -2.71. The fourth-order valence-electron chi connectivity index (χ4n) is 2.51. The molecule has 5 atom stereocenters. The number of aromatic nitrogens is 2. The third-order valence-electron chi connectivity index (χ3n) is 3.75. The number of aromatic amines is 1. The van der Waals surface area contributed by atoms with Gasteiger partial charge in [-0.15, -0.1) is 0 Å². The van der Waals surface area contributed by atoms with Crippen molar-refractivity contribution in [2.75, 3.05) is 36.7 Å². The number of aliphatic hydroxyl groups is 2. The third-order valence-corrected chi connectivity index (χ3v) is 4.49. The van der Waals surface area contributed by atoms with Crippen LogP contribution >= 0.6 is 8.25 Å². The second kappa shape index (κ2) is 8.62. The number of nitrogens with zero attached hydrogens (tertiary/aromatic N) is 2. The Morgan fingerprint density at radius 3 is 2.81 bits per heavy atom. The van der Waals surface area contributed by atoms with Crippen molar-refractivity contribution < 1.29 is 28.6 Å². The number of rotatable bonds is 8. The predicted octanol–water partition coefficient (Wildman–Crippen LogP) is -1.16. The molecule has 0 aromatic carbocycles. The maximum Gasteiger partial charge on any atom is 0.318 e. The van der Waals surface area contributed by atoms with Gasteiger partial charge in [-0.2, -0.15) is 4.98 Å². The molecule has 1 aliphatic heterocycles. The zero-order valence-corrected chi connectivity index (χ0v) is 15.2. The first-order valence-electron chi connectivity index (χ1n) is 7.54. The van der Waals surface area contributed by atoms with Gasteiger partial charge in [-0.3, -0.25) is 14.3 Å². The van der Waals surface area contributed by atoms with Crippen LogP contribution in [0.2, 0.25) is 0 Å². The smallest absolute Gasteiger partial charge is 0.318 e. The number of anilines is 3. The van der Waals surface area contributed by atoms with E-state index in [1.54, 1.807) is 0 Å². The summed E-state index contributed by atoms with van der Waals surface area (Å²) in [5, 5.41) is 23.2. The van der Waals surface area contributed by atoms with Crippen molar-refractivity contribution in [2.45, 2.75) is 24.5 Å². The van der Waals surface area contributed by atoms with E-state index in [4.69, 9.17) is 15.0 Å². The minimum absolute atomic E-state index is 0.0482. The lowest BCUT2D eigenvalue weighted by molar-refractivity contribution is -0.0153. The van der Waals surface area contributed by atoms with Crippen LogP contribution in [-0.4, -0.2) is 65.5 Å². The Morgan fingerprint density at radius 2 is 2.23 bits per heavy atom. The van der Waals surface area contributed by atoms with Gasteiger partial charge in [0.05, 0.1) is 6.61 Å². The van der Waals surface area contributed by atoms with Gasteiger partial charge in [-0.25, -0.2) is 0 Å². The van der Waals surface area contributed by atoms with Crippen molar-refractivity contribution in [1.82, 2.24) is 9.97 Å². The molecule has 12 nitrogen and oxygen atoms in total. The lowest BCUT2D eigenvalue weighted by atomic mass is 10.1. The molecule has 26 heavy (non-hydrogen) atoms. The molecule has 1 aliphatic rings. The monoisotopic (exact) mass is 391 g/mol. The average molecular weight is 391 g/mol. The Kier molecular flexibility index (Phi) is 6.75. The van der Waals surface area contributed by atoms with E-state index < -0.39 is 38.4 Å². The van der Waals surface area contributed by atoms with Gasteiger partial charge in [-0.05, 0) is 0 Å². The molecule has 1 fully saturated rings. The van der Waals surface area contributed by atoms with Crippen molar-refractivity contribution in [3.05, 3.63) is 23.1 Å². The highest BCUT2D eigenvalue weighted by Gasteiger charge is 2.46. The number of aliphatic hydroxyl groups excluding tert-OH is 2. The molecule has 1 aromatic heterocycles. The van der Waals surface area contributed by atoms with E-state index in [0.29, 0.717) is 0 Å². The normalized spacial score (nSPS) is 26.5. The minimum Gasteiger partial charge on any atom is -0.387 e. The largest absolute Gasteiger partial charge is 0.387 e. The van der Waals surface area contributed by atoms with Crippen LogP contribution in [0.3, 0.4) is 0 Å². The molecule has 13 heteroatoms. The summed E-state index contributed by atoms with van der Waals surface area (Å²) in [4.78, 5) is 19.7. The summed E-state index contributed by atoms with van der Waals surface area (Å²) in [6.07, 6.45) is -3.59. The van der Waals surface area contributed by atoms with Crippen LogP contribution in [0.5, 0.6) is 0 Å². The second-order valence-corrected chi connectivity index (χ2v) is 6.50. The number of nitrogens with one attached hydrogen (secondary N) is 2. The highest BCUT2D eigenvalue weighted by Crippen LogP contribution is 2.32. The summed E-state index contributed by atoms with van der Waals surface area (Å²) in [6.45, 7) is 3.36. The van der Waals surface area contributed by atoms with E-state index in [-0.39, 0.29) is 24.1 Å². The molecule has 146 valence electrons. The first-order valence-corrected chi connectivity index (χ1v) is 8.77. The summed E-state index contributed by atoms with van der Waals surface area (Å²) in [7, 11) is 0.00871. The van der Waals surface area contributed by atoms with E-state index in [1.165, 1.54) is 25.3 Å². The topological polar surface area (TPSA) is 172 Å². The Labute approximate surface area is 149 Å². The van der Waals surface area contributed by atoms with Gasteiger partial charge in [0.25, 0.3) is 5.56 Å². The Hall–Kier alpha value is -1.95. The number of ether oxygens (including phenoxy) is 1. The van der Waals surface area contributed by atoms with E-state index in [9.17, 15) is 19.6 Å². The SMILES string of the molecule is C=CN(c1nc(N)[nH]c(=O)c1NC)[C@@H]1O[C@H](CO[PH](=O)OC)C(O)C1O. The van der Waals surface area contributed by atoms with Crippen LogP contribution in [0, 0.1) is 0 Å². The molecule has 0 saturated carbocycles. The molecule has 3 unspecified atom stereocenters. The summed E-state index contributed by atoms with van der Waals surface area (Å²) in [6, 6.07) is 0. The van der Waals surface area contributed by atoms with Crippen molar-refractivity contribution in [3.63, 3.8) is 0 Å². The van der Waals surface area contributed by atoms with Crippen LogP contribution < -0.4 is 21.5 Å². The number of nitrogen functional groups attached to an aromatic ring is 1. The highest BCUT2D eigenvalue weighted by molar-refractivity contribution is 7.33. The van der Waals surface area contributed by atoms with Gasteiger partial charge in [-0.1, -0.05) is 6.58 Å². The molecule has 2 heterocycles. The fraction of sp³-hybridized carbons (Fsp3) is 0.538. The van der Waals surface area contributed by atoms with Crippen LogP contribution in [0.4, 0.5) is 17.5 Å². The van der Waals surface area contributed by atoms with Crippen LogP contribution in [0.1, 0.15) is 0 Å². The van der Waals surface area contributed by atoms with Crippen molar-refractivity contribution in [3.8, 4) is 0 Å². The van der Waals surface area contributed by atoms with Crippen LogP contribution in [0.15, 0.2) is 17.6 Å². The summed E-state index contributed by atoms with van der Waals surface area (Å²) in [5.74, 6) is -0.102. The van der Waals surface area contributed by atoms with Crippen LogP contribution in [0.25, 0.3) is 0 Å². The molecular weight excluding hydrogens is 369 g/mol. The third kappa shape index (κ3) is 4.06. The first-order chi connectivity index (χ1) is 12.3.